The summed E-state index contributed by atoms with van der Waals surface area (Å²) in [4.78, 5) is 20.0. The van der Waals surface area contributed by atoms with Crippen LogP contribution in [0.15, 0.2) is 47.2 Å². The number of rotatable bonds is 2. The van der Waals surface area contributed by atoms with Crippen LogP contribution < -0.4 is 5.73 Å². The molecule has 0 aliphatic heterocycles. The van der Waals surface area contributed by atoms with Crippen LogP contribution in [0, 0.1) is 0 Å². The van der Waals surface area contributed by atoms with Crippen LogP contribution in [0.3, 0.4) is 0 Å². The summed E-state index contributed by atoms with van der Waals surface area (Å²) in [5.41, 5.74) is 7.46. The van der Waals surface area contributed by atoms with Crippen molar-refractivity contribution >= 4 is 27.5 Å². The standard InChI is InChI=1S/C13H9BrN4O/c14-9-4-1-3-8(7-9)10-12-16-5-2-6-18(12)13(17-10)11(15)19/h1-7H,(H2,15,19). The van der Waals surface area contributed by atoms with E-state index < -0.39 is 5.91 Å². The predicted molar refractivity (Wildman–Crippen MR) is 74.6 cm³/mol. The summed E-state index contributed by atoms with van der Waals surface area (Å²) in [6.07, 6.45) is 3.38. The van der Waals surface area contributed by atoms with E-state index in [1.165, 1.54) is 0 Å². The third kappa shape index (κ3) is 2.00. The van der Waals surface area contributed by atoms with Gasteiger partial charge in [0, 0.05) is 22.4 Å². The number of fused-ring (bicyclic) bond motifs is 1. The molecule has 1 aromatic carbocycles. The normalized spacial score (nSPS) is 10.8. The zero-order valence-corrected chi connectivity index (χ0v) is 11.3. The number of amides is 1. The van der Waals surface area contributed by atoms with Crippen molar-refractivity contribution in [2.45, 2.75) is 0 Å². The number of carbonyl (C=O) groups excluding carboxylic acids is 1. The first-order valence-electron chi connectivity index (χ1n) is 5.55. The van der Waals surface area contributed by atoms with Crippen molar-refractivity contribution in [2.75, 3.05) is 0 Å². The van der Waals surface area contributed by atoms with Crippen molar-refractivity contribution in [2.24, 2.45) is 5.73 Å². The van der Waals surface area contributed by atoms with Crippen molar-refractivity contribution in [1.82, 2.24) is 14.4 Å². The van der Waals surface area contributed by atoms with Crippen molar-refractivity contribution < 1.29 is 4.79 Å². The van der Waals surface area contributed by atoms with Gasteiger partial charge in [-0.25, -0.2) is 9.97 Å². The van der Waals surface area contributed by atoms with Gasteiger partial charge in [0.2, 0.25) is 5.82 Å². The maximum atomic E-state index is 11.4. The molecule has 0 aliphatic carbocycles. The summed E-state index contributed by atoms with van der Waals surface area (Å²) < 4.78 is 2.53. The molecule has 0 saturated carbocycles. The molecule has 5 nitrogen and oxygen atoms in total. The molecule has 0 unspecified atom stereocenters. The van der Waals surface area contributed by atoms with E-state index in [1.54, 1.807) is 22.9 Å². The van der Waals surface area contributed by atoms with E-state index in [9.17, 15) is 4.79 Å². The van der Waals surface area contributed by atoms with E-state index in [0.29, 0.717) is 11.3 Å². The van der Waals surface area contributed by atoms with Gasteiger partial charge in [0.15, 0.2) is 5.65 Å². The minimum Gasteiger partial charge on any atom is -0.363 e. The number of benzene rings is 1. The number of nitrogens with two attached hydrogens (primary N) is 1. The van der Waals surface area contributed by atoms with Gasteiger partial charge >= 0.3 is 0 Å². The number of hydrogen-bond acceptors (Lipinski definition) is 3. The summed E-state index contributed by atoms with van der Waals surface area (Å²) in [5, 5.41) is 0. The van der Waals surface area contributed by atoms with Crippen molar-refractivity contribution in [3.63, 3.8) is 0 Å². The summed E-state index contributed by atoms with van der Waals surface area (Å²) in [5.74, 6) is -0.401. The van der Waals surface area contributed by atoms with Crippen molar-refractivity contribution in [3.8, 4) is 11.3 Å². The minimum absolute atomic E-state index is 0.179. The van der Waals surface area contributed by atoms with Crippen LogP contribution in [0.2, 0.25) is 0 Å². The Morgan fingerprint density at radius 2 is 2.16 bits per heavy atom. The lowest BCUT2D eigenvalue weighted by molar-refractivity contribution is 0.0990. The number of carbonyl (C=O) groups is 1. The monoisotopic (exact) mass is 316 g/mol. The second-order valence-electron chi connectivity index (χ2n) is 3.97. The van der Waals surface area contributed by atoms with Gasteiger partial charge in [0.25, 0.3) is 5.91 Å². The third-order valence-electron chi connectivity index (χ3n) is 2.72. The Hall–Kier alpha value is -2.21. The van der Waals surface area contributed by atoms with Crippen LogP contribution in [0.4, 0.5) is 0 Å². The van der Waals surface area contributed by atoms with E-state index in [1.807, 2.05) is 24.3 Å². The fraction of sp³-hybridized carbons (Fsp3) is 0. The second-order valence-corrected chi connectivity index (χ2v) is 4.89. The zero-order chi connectivity index (χ0) is 13.4. The lowest BCUT2D eigenvalue weighted by atomic mass is 10.2. The SMILES string of the molecule is NC(=O)c1nc(-c2cccc(Br)c2)c2ncccn12. The van der Waals surface area contributed by atoms with Gasteiger partial charge in [-0.05, 0) is 18.2 Å². The largest absolute Gasteiger partial charge is 0.363 e. The van der Waals surface area contributed by atoms with Crippen LogP contribution >= 0.6 is 15.9 Å². The van der Waals surface area contributed by atoms with E-state index >= 15 is 0 Å². The molecule has 0 spiro atoms. The summed E-state index contributed by atoms with van der Waals surface area (Å²) in [6, 6.07) is 9.38. The molecule has 2 heterocycles. The molecular formula is C13H9BrN4O. The summed E-state index contributed by atoms with van der Waals surface area (Å²) in [7, 11) is 0. The highest BCUT2D eigenvalue weighted by Crippen LogP contribution is 2.25. The first kappa shape index (κ1) is 11.9. The Labute approximate surface area is 117 Å². The Bertz CT molecular complexity index is 781. The van der Waals surface area contributed by atoms with Gasteiger partial charge in [-0.3, -0.25) is 9.20 Å². The molecular weight excluding hydrogens is 308 g/mol. The van der Waals surface area contributed by atoms with Gasteiger partial charge in [-0.2, -0.15) is 0 Å². The Balaban J connectivity index is 2.33. The molecule has 94 valence electrons. The molecule has 2 aromatic heterocycles. The smallest absolute Gasteiger partial charge is 0.285 e. The van der Waals surface area contributed by atoms with Gasteiger partial charge in [0.1, 0.15) is 5.69 Å². The fourth-order valence-electron chi connectivity index (χ4n) is 1.93. The molecule has 0 radical (unpaired) electrons. The topological polar surface area (TPSA) is 73.3 Å². The van der Waals surface area contributed by atoms with Gasteiger partial charge in [-0.15, -0.1) is 0 Å². The Morgan fingerprint density at radius 1 is 1.32 bits per heavy atom. The quantitative estimate of drug-likeness (QED) is 0.788. The lowest BCUT2D eigenvalue weighted by Crippen LogP contribution is -2.15. The van der Waals surface area contributed by atoms with Crippen LogP contribution in [0.5, 0.6) is 0 Å². The molecule has 1 amide bonds. The number of halogens is 1. The fourth-order valence-corrected chi connectivity index (χ4v) is 2.33. The number of aromatic nitrogens is 3. The number of imidazole rings is 1. The Kier molecular flexibility index (Phi) is 2.79. The molecule has 3 rings (SSSR count). The Morgan fingerprint density at radius 3 is 2.89 bits per heavy atom. The zero-order valence-electron chi connectivity index (χ0n) is 9.75. The van der Waals surface area contributed by atoms with Crippen LogP contribution in [-0.2, 0) is 0 Å². The van der Waals surface area contributed by atoms with Gasteiger partial charge in [-0.1, -0.05) is 28.1 Å². The summed E-state index contributed by atoms with van der Waals surface area (Å²) >= 11 is 3.41. The molecule has 2 N–H and O–H groups in total. The molecule has 0 saturated heterocycles. The molecule has 0 aliphatic rings. The van der Waals surface area contributed by atoms with Crippen molar-refractivity contribution in [1.29, 1.82) is 0 Å². The maximum Gasteiger partial charge on any atom is 0.285 e. The molecule has 3 aromatic rings. The number of nitrogens with zero attached hydrogens (tertiary/aromatic N) is 3. The number of primary amides is 1. The van der Waals surface area contributed by atoms with E-state index in [2.05, 4.69) is 25.9 Å². The average molecular weight is 317 g/mol. The molecule has 0 atom stereocenters. The van der Waals surface area contributed by atoms with Crippen LogP contribution in [-0.4, -0.2) is 20.3 Å². The highest BCUT2D eigenvalue weighted by molar-refractivity contribution is 9.10. The molecule has 0 fully saturated rings. The third-order valence-corrected chi connectivity index (χ3v) is 3.22. The molecule has 0 bridgehead atoms. The number of hydrogen-bond donors (Lipinski definition) is 1. The van der Waals surface area contributed by atoms with E-state index in [0.717, 1.165) is 10.0 Å². The van der Waals surface area contributed by atoms with E-state index in [4.69, 9.17) is 5.73 Å². The van der Waals surface area contributed by atoms with Crippen LogP contribution in [0.1, 0.15) is 10.6 Å². The first-order valence-corrected chi connectivity index (χ1v) is 6.35. The maximum absolute atomic E-state index is 11.4. The first-order chi connectivity index (χ1) is 9.16. The second kappa shape index (κ2) is 4.47. The highest BCUT2D eigenvalue weighted by Gasteiger charge is 2.16. The summed E-state index contributed by atoms with van der Waals surface area (Å²) in [6.45, 7) is 0. The molecule has 19 heavy (non-hydrogen) atoms. The van der Waals surface area contributed by atoms with Gasteiger partial charge < -0.3 is 5.73 Å². The average Bonchev–Trinajstić information content (AvgIpc) is 2.78. The predicted octanol–water partition coefficient (Wildman–Crippen LogP) is 2.26. The lowest BCUT2D eigenvalue weighted by Gasteiger charge is -1.98. The van der Waals surface area contributed by atoms with Crippen molar-refractivity contribution in [3.05, 3.63) is 53.0 Å². The van der Waals surface area contributed by atoms with Crippen LogP contribution in [0.25, 0.3) is 16.9 Å². The molecule has 6 heteroatoms. The highest BCUT2D eigenvalue weighted by atomic mass is 79.9. The van der Waals surface area contributed by atoms with E-state index in [-0.39, 0.29) is 5.82 Å². The van der Waals surface area contributed by atoms with Gasteiger partial charge in [0.05, 0.1) is 0 Å². The minimum atomic E-state index is -0.579.